The van der Waals surface area contributed by atoms with E-state index in [-0.39, 0.29) is 6.09 Å². The van der Waals surface area contributed by atoms with E-state index in [1.54, 1.807) is 4.90 Å². The number of amides is 1. The van der Waals surface area contributed by atoms with Crippen molar-refractivity contribution in [2.45, 2.75) is 46.4 Å². The van der Waals surface area contributed by atoms with Gasteiger partial charge in [0.2, 0.25) is 0 Å². The van der Waals surface area contributed by atoms with Crippen molar-refractivity contribution < 1.29 is 14.3 Å². The third-order valence-corrected chi connectivity index (χ3v) is 4.81. The lowest BCUT2D eigenvalue weighted by atomic mass is 10.1. The number of fused-ring (bicyclic) bond motifs is 1. The highest BCUT2D eigenvalue weighted by Crippen LogP contribution is 2.32. The molecule has 1 heterocycles. The van der Waals surface area contributed by atoms with Gasteiger partial charge in [0.15, 0.2) is 5.75 Å². The number of hydrogen-bond donors (Lipinski definition) is 2. The van der Waals surface area contributed by atoms with Crippen LogP contribution in [-0.4, -0.2) is 30.7 Å². The topological polar surface area (TPSA) is 80.1 Å². The number of hydrogen-bond acceptors (Lipinski definition) is 6. The van der Waals surface area contributed by atoms with E-state index in [0.29, 0.717) is 30.4 Å². The number of carbonyl (C=O) groups excluding carboxylic acids is 1. The summed E-state index contributed by atoms with van der Waals surface area (Å²) < 4.78 is 11.4. The second-order valence-corrected chi connectivity index (χ2v) is 8.92. The van der Waals surface area contributed by atoms with Gasteiger partial charge in [-0.25, -0.2) is 4.79 Å². The Labute approximate surface area is 184 Å². The van der Waals surface area contributed by atoms with Gasteiger partial charge >= 0.3 is 6.09 Å². The second kappa shape index (κ2) is 8.79. The van der Waals surface area contributed by atoms with Crippen molar-refractivity contribution in [3.63, 3.8) is 0 Å². The fourth-order valence-electron chi connectivity index (χ4n) is 3.17. The second-order valence-electron chi connectivity index (χ2n) is 8.92. The fourth-order valence-corrected chi connectivity index (χ4v) is 3.17. The summed E-state index contributed by atoms with van der Waals surface area (Å²) in [7, 11) is 4.00. The Hall–Kier alpha value is -3.35. The van der Waals surface area contributed by atoms with Gasteiger partial charge in [-0.3, -0.25) is 4.90 Å². The Balaban J connectivity index is 1.82. The Morgan fingerprint density at radius 2 is 1.68 bits per heavy atom. The van der Waals surface area contributed by atoms with Crippen molar-refractivity contribution in [1.29, 1.82) is 0 Å². The molecule has 166 valence electrons. The van der Waals surface area contributed by atoms with E-state index in [1.165, 1.54) is 0 Å². The number of rotatable bonds is 5. The van der Waals surface area contributed by atoms with Crippen molar-refractivity contribution >= 4 is 17.5 Å². The molecule has 31 heavy (non-hydrogen) atoms. The minimum atomic E-state index is -0.577. The lowest BCUT2D eigenvalue weighted by molar-refractivity contribution is 0.0216. The molecule has 0 spiro atoms. The summed E-state index contributed by atoms with van der Waals surface area (Å²) in [4.78, 5) is 16.7. The molecular formula is C24H32N4O3. The molecule has 0 saturated carbocycles. The van der Waals surface area contributed by atoms with E-state index in [0.717, 1.165) is 22.5 Å². The van der Waals surface area contributed by atoms with Crippen LogP contribution >= 0.6 is 0 Å². The average Bonchev–Trinajstić information content (AvgIpc) is 2.67. The number of ether oxygens (including phenoxy) is 2. The maximum Gasteiger partial charge on any atom is 0.410 e. The van der Waals surface area contributed by atoms with Gasteiger partial charge in [0.1, 0.15) is 17.2 Å². The van der Waals surface area contributed by atoms with Gasteiger partial charge in [0.25, 0.3) is 0 Å². The Morgan fingerprint density at radius 3 is 2.29 bits per heavy atom. The van der Waals surface area contributed by atoms with Crippen LogP contribution in [0.4, 0.5) is 16.2 Å². The van der Waals surface area contributed by atoms with Crippen LogP contribution in [-0.2, 0) is 17.8 Å². The van der Waals surface area contributed by atoms with Crippen LogP contribution < -0.4 is 20.7 Å². The van der Waals surface area contributed by atoms with Gasteiger partial charge in [0.05, 0.1) is 5.69 Å². The van der Waals surface area contributed by atoms with E-state index >= 15 is 0 Å². The Morgan fingerprint density at radius 1 is 1.06 bits per heavy atom. The first kappa shape index (κ1) is 22.3. The number of nitrogens with zero attached hydrogens (tertiary/aromatic N) is 2. The van der Waals surface area contributed by atoms with E-state index in [2.05, 4.69) is 5.32 Å². The van der Waals surface area contributed by atoms with Crippen LogP contribution in [0.25, 0.3) is 0 Å². The number of nitrogens with one attached hydrogen (secondary N) is 1. The van der Waals surface area contributed by atoms with Crippen molar-refractivity contribution in [2.24, 2.45) is 5.73 Å². The smallest absolute Gasteiger partial charge is 0.410 e. The van der Waals surface area contributed by atoms with Crippen LogP contribution in [0.5, 0.6) is 5.75 Å². The zero-order valence-corrected chi connectivity index (χ0v) is 19.2. The molecule has 1 aliphatic heterocycles. The largest absolute Gasteiger partial charge is 0.456 e. The van der Waals surface area contributed by atoms with Gasteiger partial charge in [0, 0.05) is 32.9 Å². The lowest BCUT2D eigenvalue weighted by Crippen LogP contribution is -2.36. The Bertz CT molecular complexity index is 975. The molecule has 2 aromatic carbocycles. The van der Waals surface area contributed by atoms with Gasteiger partial charge < -0.3 is 25.4 Å². The van der Waals surface area contributed by atoms with Gasteiger partial charge in [-0.05, 0) is 63.1 Å². The number of carbonyl (C=O) groups is 1. The number of benzene rings is 2. The molecule has 0 atom stereocenters. The minimum absolute atomic E-state index is 0.360. The molecule has 3 N–H and O–H groups in total. The van der Waals surface area contributed by atoms with Gasteiger partial charge in [-0.2, -0.15) is 0 Å². The molecule has 1 aliphatic rings. The Kier molecular flexibility index (Phi) is 6.34. The molecule has 0 radical (unpaired) electrons. The molecule has 0 saturated heterocycles. The maximum absolute atomic E-state index is 13.0. The SMILES string of the molecule is CC1=C(N)Nc2cc(CN(Cc3ccc(N(C)C)cc3)C(=O)OC(C)(C)C)ccc2O1. The van der Waals surface area contributed by atoms with Crippen molar-refractivity contribution in [3.8, 4) is 5.75 Å². The minimum Gasteiger partial charge on any atom is -0.456 e. The van der Waals surface area contributed by atoms with E-state index in [9.17, 15) is 4.79 Å². The predicted molar refractivity (Wildman–Crippen MR) is 124 cm³/mol. The molecule has 0 unspecified atom stereocenters. The predicted octanol–water partition coefficient (Wildman–Crippen LogP) is 4.64. The third-order valence-electron chi connectivity index (χ3n) is 4.81. The van der Waals surface area contributed by atoms with Crippen LogP contribution in [0.15, 0.2) is 54.0 Å². The zero-order chi connectivity index (χ0) is 22.8. The van der Waals surface area contributed by atoms with Crippen LogP contribution in [0.1, 0.15) is 38.8 Å². The quantitative estimate of drug-likeness (QED) is 0.728. The summed E-state index contributed by atoms with van der Waals surface area (Å²) in [5, 5.41) is 3.15. The molecule has 7 nitrogen and oxygen atoms in total. The maximum atomic E-state index is 13.0. The van der Waals surface area contributed by atoms with Crippen LogP contribution in [0, 0.1) is 0 Å². The molecule has 0 bridgehead atoms. The zero-order valence-electron chi connectivity index (χ0n) is 19.2. The summed E-state index contributed by atoms with van der Waals surface area (Å²) in [5.74, 6) is 1.82. The first-order chi connectivity index (χ1) is 14.5. The number of nitrogens with two attached hydrogens (primary N) is 1. The molecule has 1 amide bonds. The van der Waals surface area contributed by atoms with Crippen LogP contribution in [0.2, 0.25) is 0 Å². The van der Waals surface area contributed by atoms with E-state index in [4.69, 9.17) is 15.2 Å². The summed E-state index contributed by atoms with van der Waals surface area (Å²) in [5.41, 5.74) is 9.23. The first-order valence-corrected chi connectivity index (χ1v) is 10.3. The monoisotopic (exact) mass is 424 g/mol. The third kappa shape index (κ3) is 5.84. The van der Waals surface area contributed by atoms with Crippen molar-refractivity contribution in [3.05, 3.63) is 65.2 Å². The van der Waals surface area contributed by atoms with Crippen molar-refractivity contribution in [2.75, 3.05) is 24.3 Å². The number of allylic oxidation sites excluding steroid dienone is 1. The molecule has 0 fully saturated rings. The summed E-state index contributed by atoms with van der Waals surface area (Å²) in [6, 6.07) is 13.9. The highest BCUT2D eigenvalue weighted by Gasteiger charge is 2.23. The number of anilines is 2. The first-order valence-electron chi connectivity index (χ1n) is 10.3. The molecule has 7 heteroatoms. The average molecular weight is 425 g/mol. The molecular weight excluding hydrogens is 392 g/mol. The van der Waals surface area contributed by atoms with Crippen LogP contribution in [0.3, 0.4) is 0 Å². The molecule has 3 rings (SSSR count). The van der Waals surface area contributed by atoms with Gasteiger partial charge in [-0.1, -0.05) is 18.2 Å². The summed E-state index contributed by atoms with van der Waals surface area (Å²) >= 11 is 0. The van der Waals surface area contributed by atoms with E-state index < -0.39 is 5.60 Å². The molecule has 0 aliphatic carbocycles. The fraction of sp³-hybridized carbons (Fsp3) is 0.375. The summed E-state index contributed by atoms with van der Waals surface area (Å²) in [6.45, 7) is 8.24. The van der Waals surface area contributed by atoms with Crippen molar-refractivity contribution in [1.82, 2.24) is 4.90 Å². The standard InChI is InChI=1S/C24H32N4O3/c1-16-22(25)26-20-13-18(9-12-21(20)30-16)15-28(23(29)31-24(2,3)4)14-17-7-10-19(11-8-17)27(5)6/h7-13,26H,14-15,25H2,1-6H3. The molecule has 0 aromatic heterocycles. The highest BCUT2D eigenvalue weighted by molar-refractivity contribution is 5.69. The van der Waals surface area contributed by atoms with Gasteiger partial charge in [-0.15, -0.1) is 0 Å². The normalized spacial score (nSPS) is 13.1. The lowest BCUT2D eigenvalue weighted by Gasteiger charge is -2.28. The highest BCUT2D eigenvalue weighted by atomic mass is 16.6. The van der Waals surface area contributed by atoms with E-state index in [1.807, 2.05) is 89.2 Å². The molecule has 2 aromatic rings. The summed E-state index contributed by atoms with van der Waals surface area (Å²) in [6.07, 6.45) is -0.360.